The zero-order valence-corrected chi connectivity index (χ0v) is 20.3. The van der Waals surface area contributed by atoms with Crippen LogP contribution in [0.1, 0.15) is 35.1 Å². The van der Waals surface area contributed by atoms with Gasteiger partial charge in [-0.25, -0.2) is 8.42 Å². The predicted molar refractivity (Wildman–Crippen MR) is 126 cm³/mol. The molecule has 0 radical (unpaired) electrons. The highest BCUT2D eigenvalue weighted by atomic mass is 35.5. The molecular weight excluding hydrogens is 458 g/mol. The van der Waals surface area contributed by atoms with Crippen molar-refractivity contribution in [3.63, 3.8) is 0 Å². The van der Waals surface area contributed by atoms with Crippen molar-refractivity contribution >= 4 is 39.7 Å². The average Bonchev–Trinajstić information content (AvgIpc) is 3.30. The third-order valence-corrected chi connectivity index (χ3v) is 8.31. The van der Waals surface area contributed by atoms with E-state index in [1.807, 2.05) is 11.4 Å². The summed E-state index contributed by atoms with van der Waals surface area (Å²) in [7, 11) is -3.53. The number of hydrogen-bond donors (Lipinski definition) is 1. The number of amides is 1. The SMILES string of the molecule is CCN(CC)S(=O)(=O)c1ccc(C(=O)NCC(c2cccs2)N2CCOCC2)cc1.Cl. The van der Waals surface area contributed by atoms with Crippen LogP contribution < -0.4 is 5.32 Å². The van der Waals surface area contributed by atoms with Crippen LogP contribution in [0.2, 0.25) is 0 Å². The van der Waals surface area contributed by atoms with E-state index >= 15 is 0 Å². The molecule has 172 valence electrons. The van der Waals surface area contributed by atoms with Crippen LogP contribution in [0.5, 0.6) is 0 Å². The zero-order chi connectivity index (χ0) is 21.6. The molecule has 1 amide bonds. The van der Waals surface area contributed by atoms with Gasteiger partial charge in [0, 0.05) is 43.2 Å². The number of benzene rings is 1. The fraction of sp³-hybridized carbons (Fsp3) is 0.476. The van der Waals surface area contributed by atoms with E-state index in [-0.39, 0.29) is 29.3 Å². The Morgan fingerprint density at radius 3 is 2.35 bits per heavy atom. The summed E-state index contributed by atoms with van der Waals surface area (Å²) in [6.07, 6.45) is 0. The molecule has 0 saturated carbocycles. The van der Waals surface area contributed by atoms with Gasteiger partial charge in [-0.05, 0) is 35.7 Å². The Morgan fingerprint density at radius 2 is 1.81 bits per heavy atom. The lowest BCUT2D eigenvalue weighted by atomic mass is 10.1. The number of morpholine rings is 1. The van der Waals surface area contributed by atoms with Crippen molar-refractivity contribution in [2.75, 3.05) is 45.9 Å². The van der Waals surface area contributed by atoms with Crippen LogP contribution in [0.4, 0.5) is 0 Å². The monoisotopic (exact) mass is 487 g/mol. The maximum atomic E-state index is 12.7. The van der Waals surface area contributed by atoms with Gasteiger partial charge in [0.25, 0.3) is 5.91 Å². The van der Waals surface area contributed by atoms with Gasteiger partial charge >= 0.3 is 0 Å². The smallest absolute Gasteiger partial charge is 0.251 e. The van der Waals surface area contributed by atoms with Gasteiger partial charge in [-0.2, -0.15) is 4.31 Å². The van der Waals surface area contributed by atoms with Crippen LogP contribution >= 0.6 is 23.7 Å². The van der Waals surface area contributed by atoms with E-state index in [0.29, 0.717) is 38.4 Å². The third-order valence-electron chi connectivity index (χ3n) is 5.27. The number of rotatable bonds is 9. The van der Waals surface area contributed by atoms with Crippen LogP contribution in [0.3, 0.4) is 0 Å². The molecule has 1 unspecified atom stereocenters. The topological polar surface area (TPSA) is 79.0 Å². The Hall–Kier alpha value is -1.49. The molecule has 0 bridgehead atoms. The first kappa shape index (κ1) is 25.8. The van der Waals surface area contributed by atoms with Crippen LogP contribution in [-0.2, 0) is 14.8 Å². The molecule has 1 saturated heterocycles. The van der Waals surface area contributed by atoms with Gasteiger partial charge < -0.3 is 10.1 Å². The number of sulfonamides is 1. The first-order valence-electron chi connectivity index (χ1n) is 10.2. The summed E-state index contributed by atoms with van der Waals surface area (Å²) in [4.78, 5) is 16.4. The lowest BCUT2D eigenvalue weighted by Crippen LogP contribution is -2.43. The molecule has 31 heavy (non-hydrogen) atoms. The summed E-state index contributed by atoms with van der Waals surface area (Å²) in [5.74, 6) is -0.211. The number of carbonyl (C=O) groups is 1. The van der Waals surface area contributed by atoms with Crippen LogP contribution in [0, 0.1) is 0 Å². The fourth-order valence-corrected chi connectivity index (χ4v) is 5.88. The van der Waals surface area contributed by atoms with Crippen molar-refractivity contribution in [2.24, 2.45) is 0 Å². The van der Waals surface area contributed by atoms with Gasteiger partial charge in [0.1, 0.15) is 0 Å². The number of nitrogens with one attached hydrogen (secondary N) is 1. The Kier molecular flexibility index (Phi) is 9.92. The van der Waals surface area contributed by atoms with E-state index in [1.165, 1.54) is 21.3 Å². The van der Waals surface area contributed by atoms with E-state index in [4.69, 9.17) is 4.74 Å². The van der Waals surface area contributed by atoms with Gasteiger partial charge in [0.05, 0.1) is 24.2 Å². The van der Waals surface area contributed by atoms with E-state index in [0.717, 1.165) is 13.1 Å². The quantitative estimate of drug-likeness (QED) is 0.588. The lowest BCUT2D eigenvalue weighted by Gasteiger charge is -2.34. The molecule has 10 heteroatoms. The van der Waals surface area contributed by atoms with Crippen LogP contribution in [-0.4, -0.2) is 69.5 Å². The molecule has 2 aromatic rings. The first-order valence-corrected chi connectivity index (χ1v) is 12.5. The molecule has 3 rings (SSSR count). The largest absolute Gasteiger partial charge is 0.379 e. The molecule has 1 aliphatic heterocycles. The second kappa shape index (κ2) is 11.9. The van der Waals surface area contributed by atoms with Gasteiger partial charge in [0.2, 0.25) is 10.0 Å². The molecule has 1 aromatic heterocycles. The highest BCUT2D eigenvalue weighted by Crippen LogP contribution is 2.25. The van der Waals surface area contributed by atoms with E-state index in [9.17, 15) is 13.2 Å². The summed E-state index contributed by atoms with van der Waals surface area (Å²) in [6, 6.07) is 10.3. The zero-order valence-electron chi connectivity index (χ0n) is 17.8. The maximum Gasteiger partial charge on any atom is 0.251 e. The van der Waals surface area contributed by atoms with Gasteiger partial charge in [0.15, 0.2) is 0 Å². The van der Waals surface area contributed by atoms with Gasteiger partial charge in [-0.1, -0.05) is 19.9 Å². The molecule has 7 nitrogen and oxygen atoms in total. The van der Waals surface area contributed by atoms with Crippen LogP contribution in [0.25, 0.3) is 0 Å². The van der Waals surface area contributed by atoms with Crippen molar-refractivity contribution in [3.8, 4) is 0 Å². The van der Waals surface area contributed by atoms with Crippen molar-refractivity contribution in [1.82, 2.24) is 14.5 Å². The molecule has 1 aromatic carbocycles. The highest BCUT2D eigenvalue weighted by molar-refractivity contribution is 7.89. The Bertz CT molecular complexity index is 911. The van der Waals surface area contributed by atoms with Gasteiger partial charge in [-0.15, -0.1) is 23.7 Å². The number of thiophene rings is 1. The number of hydrogen-bond acceptors (Lipinski definition) is 6. The van der Waals surface area contributed by atoms with E-state index < -0.39 is 10.0 Å². The minimum atomic E-state index is -3.53. The first-order chi connectivity index (χ1) is 14.5. The standard InChI is InChI=1S/C21H29N3O4S2.ClH/c1-3-24(4-2)30(26,27)18-9-7-17(8-10-18)21(25)22-16-19(20-6-5-15-29-20)23-11-13-28-14-12-23;/h5-10,15,19H,3-4,11-14,16H2,1-2H3,(H,22,25);1H. The lowest BCUT2D eigenvalue weighted by molar-refractivity contribution is 0.0169. The number of nitrogens with zero attached hydrogens (tertiary/aromatic N) is 2. The van der Waals surface area contributed by atoms with Crippen molar-refractivity contribution in [3.05, 3.63) is 52.2 Å². The fourth-order valence-electron chi connectivity index (χ4n) is 3.56. The molecule has 1 atom stereocenters. The van der Waals surface area contributed by atoms with Crippen molar-refractivity contribution < 1.29 is 17.9 Å². The Morgan fingerprint density at radius 1 is 1.16 bits per heavy atom. The summed E-state index contributed by atoms with van der Waals surface area (Å²) in [6.45, 7) is 7.96. The number of halogens is 1. The number of ether oxygens (including phenoxy) is 1. The molecular formula is C21H30ClN3O4S2. The highest BCUT2D eigenvalue weighted by Gasteiger charge is 2.25. The molecule has 1 aliphatic rings. The summed E-state index contributed by atoms with van der Waals surface area (Å²) in [5.41, 5.74) is 0.445. The Labute approximate surface area is 194 Å². The second-order valence-corrected chi connectivity index (χ2v) is 9.92. The Balaban J connectivity index is 0.00000341. The minimum absolute atomic E-state index is 0. The molecule has 2 heterocycles. The number of carbonyl (C=O) groups excluding carboxylic acids is 1. The summed E-state index contributed by atoms with van der Waals surface area (Å²) >= 11 is 1.68. The summed E-state index contributed by atoms with van der Waals surface area (Å²) < 4.78 is 32.1. The average molecular weight is 488 g/mol. The van der Waals surface area contributed by atoms with Gasteiger partial charge in [-0.3, -0.25) is 9.69 Å². The molecule has 1 fully saturated rings. The van der Waals surface area contributed by atoms with Crippen LogP contribution in [0.15, 0.2) is 46.7 Å². The third kappa shape index (κ3) is 6.27. The predicted octanol–water partition coefficient (Wildman–Crippen LogP) is 3.00. The molecule has 0 spiro atoms. The van der Waals surface area contributed by atoms with E-state index in [1.54, 1.807) is 37.3 Å². The van der Waals surface area contributed by atoms with Crippen molar-refractivity contribution in [2.45, 2.75) is 24.8 Å². The van der Waals surface area contributed by atoms with Crippen molar-refractivity contribution in [1.29, 1.82) is 0 Å². The maximum absolute atomic E-state index is 12.7. The normalized spacial score (nSPS) is 16.0. The van der Waals surface area contributed by atoms with E-state index in [2.05, 4.69) is 16.3 Å². The molecule has 0 aliphatic carbocycles. The summed E-state index contributed by atoms with van der Waals surface area (Å²) in [5, 5.41) is 5.05. The second-order valence-electron chi connectivity index (χ2n) is 7.00. The molecule has 1 N–H and O–H groups in total. The minimum Gasteiger partial charge on any atom is -0.379 e.